The number of aliphatic hydroxyl groups is 7. The minimum atomic E-state index is -5.27. The Morgan fingerprint density at radius 2 is 1.49 bits per heavy atom. The number of rotatable bonds is 18. The molecule has 4 heterocycles. The number of aliphatic carboxylic acids is 1. The van der Waals surface area contributed by atoms with Crippen molar-refractivity contribution >= 4 is 67.1 Å². The van der Waals surface area contributed by atoms with E-state index in [2.05, 4.69) is 10.3 Å². The number of aliphatic hydroxyl groups excluding tert-OH is 7. The minimum Gasteiger partial charge on any atom is -0.497 e. The first-order valence-electron chi connectivity index (χ1n) is 22.8. The zero-order chi connectivity index (χ0) is 52.6. The number of methoxy groups -OCH3 is 1. The van der Waals surface area contributed by atoms with Crippen LogP contribution in [0.25, 0.3) is 21.7 Å². The van der Waals surface area contributed by atoms with E-state index in [-0.39, 0.29) is 70.7 Å². The molecule has 4 aromatic carbocycles. The topological polar surface area (TPSA) is 352 Å². The SMILES string of the molecule is CCCNC(=O)c1ccc(O[C@@H]2O[C@H](CO)[C@@H](O)[C@H](O)[C@H]2O)c(OS(=O)(=O)Oc2cc3c(c4cc(OC)ccc24)[C@H](CCl)CN3C(=O)c2cc3cc(OCC)c(OC4O[C@H](C(=O)O)[C@@H](O)[C@H](O)[C@H]4O)cc3[nH]2)c1. The summed E-state index contributed by atoms with van der Waals surface area (Å²) in [7, 11) is -3.85. The summed E-state index contributed by atoms with van der Waals surface area (Å²) >= 11 is 6.57. The summed E-state index contributed by atoms with van der Waals surface area (Å²) in [5.41, 5.74) is 0.920. The molecule has 1 unspecified atom stereocenters. The van der Waals surface area contributed by atoms with Crippen LogP contribution < -0.4 is 37.5 Å². The van der Waals surface area contributed by atoms with Gasteiger partial charge in [-0.3, -0.25) is 9.59 Å². The van der Waals surface area contributed by atoms with Crippen molar-refractivity contribution in [3.05, 3.63) is 77.5 Å². The van der Waals surface area contributed by atoms with E-state index in [0.29, 0.717) is 28.5 Å². The Labute approximate surface area is 420 Å². The first-order chi connectivity index (χ1) is 34.8. The number of benzene rings is 4. The molecule has 11 atom stereocenters. The standard InChI is InChI=1S/C47H52ClN3O21S/c1-4-10-49-43(59)20-6-9-29(67-46-40(57)37(54)36(53)34(19-52)69-46)33(12-20)72-73(63,64)71-30-16-28-35(25-14-23(65-3)7-8-24(25)30)22(17-48)18-51(28)44(60)27-11-21-13-31(66-5-2)32(15-26(21)50-27)68-47-41(58)38(55)39(56)42(70-47)45(61)62/h6-9,11-16,22,34,36-42,46-47,50,52-58H,4-5,10,17-19H2,1-3H3,(H,49,59)(H,61,62)/t22-,34-,36-,37+,38+,39+,40-,41-,42+,46-,47?/m1/s1. The Kier molecular flexibility index (Phi) is 15.8. The number of aromatic amines is 1. The maximum Gasteiger partial charge on any atom is 0.501 e. The number of carbonyl (C=O) groups excluding carboxylic acids is 2. The lowest BCUT2D eigenvalue weighted by Gasteiger charge is -2.39. The summed E-state index contributed by atoms with van der Waals surface area (Å²) in [6.45, 7) is 3.07. The van der Waals surface area contributed by atoms with Gasteiger partial charge in [-0.15, -0.1) is 20.0 Å². The summed E-state index contributed by atoms with van der Waals surface area (Å²) in [6.07, 6.45) is -17.7. The average Bonchev–Trinajstić information content (AvgIpc) is 3.97. The third kappa shape index (κ3) is 10.6. The minimum absolute atomic E-state index is 0.00122. The zero-order valence-corrected chi connectivity index (χ0v) is 40.6. The van der Waals surface area contributed by atoms with Crippen LogP contribution in [0.1, 0.15) is 52.6 Å². The summed E-state index contributed by atoms with van der Waals surface area (Å²) in [6, 6.07) is 13.8. The van der Waals surface area contributed by atoms with E-state index < -0.39 is 114 Å². The number of anilines is 1. The van der Waals surface area contributed by atoms with Gasteiger partial charge in [-0.2, -0.15) is 0 Å². The van der Waals surface area contributed by atoms with E-state index in [1.807, 2.05) is 6.92 Å². The maximum atomic E-state index is 14.7. The van der Waals surface area contributed by atoms with Crippen molar-refractivity contribution in [3.63, 3.8) is 0 Å². The van der Waals surface area contributed by atoms with Gasteiger partial charge < -0.3 is 92.8 Å². The lowest BCUT2D eigenvalue weighted by Crippen LogP contribution is -2.61. The Morgan fingerprint density at radius 1 is 0.795 bits per heavy atom. The monoisotopic (exact) mass is 1060 g/mol. The van der Waals surface area contributed by atoms with Crippen LogP contribution in [0.15, 0.2) is 60.7 Å². The second kappa shape index (κ2) is 21.7. The second-order valence-electron chi connectivity index (χ2n) is 17.1. The molecule has 24 nitrogen and oxygen atoms in total. The molecule has 26 heteroatoms. The Morgan fingerprint density at radius 3 is 2.16 bits per heavy atom. The fourth-order valence-corrected chi connectivity index (χ4v) is 9.66. The molecule has 0 radical (unpaired) electrons. The maximum absolute atomic E-state index is 14.7. The summed E-state index contributed by atoms with van der Waals surface area (Å²) in [5.74, 6) is -4.48. The highest BCUT2D eigenvalue weighted by Crippen LogP contribution is 2.48. The molecule has 3 aliphatic heterocycles. The van der Waals surface area contributed by atoms with Crippen LogP contribution in [0.5, 0.6) is 34.5 Å². The third-order valence-electron chi connectivity index (χ3n) is 12.3. The van der Waals surface area contributed by atoms with Crippen molar-refractivity contribution in [2.45, 2.75) is 87.6 Å². The molecule has 3 aliphatic rings. The molecule has 1 aromatic heterocycles. The van der Waals surface area contributed by atoms with Crippen LogP contribution in [-0.2, 0) is 24.7 Å². The quantitative estimate of drug-likeness (QED) is 0.0547. The molecule has 0 spiro atoms. The lowest BCUT2D eigenvalue weighted by atomic mass is 9.95. The van der Waals surface area contributed by atoms with Crippen molar-refractivity contribution in [1.29, 1.82) is 0 Å². The third-order valence-corrected chi connectivity index (χ3v) is 13.5. The number of H-pyrrole nitrogens is 1. The van der Waals surface area contributed by atoms with Gasteiger partial charge in [-0.05, 0) is 72.8 Å². The van der Waals surface area contributed by atoms with E-state index in [9.17, 15) is 63.7 Å². The first-order valence-corrected chi connectivity index (χ1v) is 24.6. The molecule has 394 valence electrons. The van der Waals surface area contributed by atoms with Crippen molar-refractivity contribution in [1.82, 2.24) is 10.3 Å². The molecule has 73 heavy (non-hydrogen) atoms. The summed E-state index contributed by atoms with van der Waals surface area (Å²) < 4.78 is 73.1. The van der Waals surface area contributed by atoms with Crippen LogP contribution in [0.2, 0.25) is 0 Å². The highest BCUT2D eigenvalue weighted by Gasteiger charge is 2.49. The zero-order valence-electron chi connectivity index (χ0n) is 39.0. The summed E-state index contributed by atoms with van der Waals surface area (Å²) in [4.78, 5) is 43.9. The number of nitrogens with one attached hydrogen (secondary N) is 2. The molecule has 10 N–H and O–H groups in total. The Bertz CT molecular complexity index is 2990. The number of alkyl halides is 1. The lowest BCUT2D eigenvalue weighted by molar-refractivity contribution is -0.277. The van der Waals surface area contributed by atoms with Crippen molar-refractivity contribution in [2.75, 3.05) is 44.2 Å². The number of amides is 2. The molecule has 5 aromatic rings. The van der Waals surface area contributed by atoms with Crippen molar-refractivity contribution in [3.8, 4) is 34.5 Å². The number of ether oxygens (including phenoxy) is 6. The number of halogens is 1. The van der Waals surface area contributed by atoms with Crippen molar-refractivity contribution in [2.24, 2.45) is 0 Å². The number of carbonyl (C=O) groups is 3. The van der Waals surface area contributed by atoms with Gasteiger partial charge in [0.2, 0.25) is 12.6 Å². The fraction of sp³-hybridized carbons (Fsp3) is 0.426. The van der Waals surface area contributed by atoms with E-state index in [4.69, 9.17) is 48.4 Å². The molecule has 0 aliphatic carbocycles. The van der Waals surface area contributed by atoms with Crippen LogP contribution in [0.4, 0.5) is 5.69 Å². The molecule has 2 saturated heterocycles. The number of carboxylic acids is 1. The van der Waals surface area contributed by atoms with Gasteiger partial charge >= 0.3 is 16.4 Å². The molecular weight excluding hydrogens is 1010 g/mol. The largest absolute Gasteiger partial charge is 0.501 e. The smallest absolute Gasteiger partial charge is 0.497 e. The van der Waals surface area contributed by atoms with E-state index in [0.717, 1.165) is 12.1 Å². The van der Waals surface area contributed by atoms with Gasteiger partial charge in [0.25, 0.3) is 11.8 Å². The number of aromatic nitrogens is 1. The highest BCUT2D eigenvalue weighted by molar-refractivity contribution is 7.82. The normalized spacial score (nSPS) is 26.0. The molecule has 0 saturated carbocycles. The van der Waals surface area contributed by atoms with E-state index in [1.54, 1.807) is 19.1 Å². The Hall–Kier alpha value is -6.23. The first kappa shape index (κ1) is 53.1. The van der Waals surface area contributed by atoms with Crippen molar-refractivity contribution < 1.29 is 100 Å². The second-order valence-corrected chi connectivity index (χ2v) is 18.6. The molecule has 8 rings (SSSR count). The van der Waals surface area contributed by atoms with Crippen LogP contribution in [0.3, 0.4) is 0 Å². The van der Waals surface area contributed by atoms with Gasteiger partial charge in [0, 0.05) is 58.9 Å². The fourth-order valence-electron chi connectivity index (χ4n) is 8.67. The van der Waals surface area contributed by atoms with Crippen LogP contribution in [-0.4, -0.2) is 173 Å². The number of fused-ring (bicyclic) bond motifs is 4. The van der Waals surface area contributed by atoms with E-state index in [1.165, 1.54) is 48.4 Å². The molecular formula is C47H52ClN3O21S. The predicted molar refractivity (Wildman–Crippen MR) is 254 cm³/mol. The molecule has 2 amide bonds. The number of hydrogen-bond acceptors (Lipinski definition) is 20. The molecule has 0 bridgehead atoms. The van der Waals surface area contributed by atoms with E-state index >= 15 is 0 Å². The van der Waals surface area contributed by atoms with Gasteiger partial charge in [0.15, 0.2) is 34.9 Å². The predicted octanol–water partition coefficient (Wildman–Crippen LogP) is 1.00. The van der Waals surface area contributed by atoms with Crippen LogP contribution >= 0.6 is 11.6 Å². The summed E-state index contributed by atoms with van der Waals surface area (Å²) in [5, 5.41) is 85.6. The van der Waals surface area contributed by atoms with Gasteiger partial charge in [0.05, 0.1) is 26.0 Å². The van der Waals surface area contributed by atoms with Gasteiger partial charge in [-0.25, -0.2) is 4.79 Å². The highest BCUT2D eigenvalue weighted by atomic mass is 35.5. The van der Waals surface area contributed by atoms with Gasteiger partial charge in [0.1, 0.15) is 54.2 Å². The average molecular weight is 1060 g/mol. The number of carboxylic acid groups (broad SMARTS) is 1. The van der Waals surface area contributed by atoms with Gasteiger partial charge in [-0.1, -0.05) is 6.92 Å². The van der Waals surface area contributed by atoms with Crippen LogP contribution in [0, 0.1) is 0 Å². The molecule has 2 fully saturated rings. The number of hydrogen-bond donors (Lipinski definition) is 10. The Balaban J connectivity index is 1.14. The number of nitrogens with zero attached hydrogens (tertiary/aromatic N) is 1.